The number of amides is 2. The van der Waals surface area contributed by atoms with Crippen molar-refractivity contribution in [3.8, 4) is 0 Å². The molecule has 118 valence electrons. The molecule has 2 N–H and O–H groups in total. The van der Waals surface area contributed by atoms with E-state index in [1.54, 1.807) is 0 Å². The molecule has 0 saturated carbocycles. The minimum absolute atomic E-state index is 0.256. The maximum Gasteiger partial charge on any atom is 0.326 e. The summed E-state index contributed by atoms with van der Waals surface area (Å²) in [6, 6.07) is 12.2. The number of hydrogen-bond donors (Lipinski definition) is 2. The molecule has 0 atom stereocenters. The number of fused-ring (bicyclic) bond motifs is 2. The maximum absolute atomic E-state index is 12.1. The van der Waals surface area contributed by atoms with Crippen molar-refractivity contribution in [2.24, 2.45) is 0 Å². The highest BCUT2D eigenvalue weighted by Gasteiger charge is 2.18. The normalized spacial score (nSPS) is 12.8. The van der Waals surface area contributed by atoms with Crippen LogP contribution in [0.1, 0.15) is 11.1 Å². The van der Waals surface area contributed by atoms with Gasteiger partial charge in [0.25, 0.3) is 0 Å². The van der Waals surface area contributed by atoms with Crippen LogP contribution in [0.5, 0.6) is 0 Å². The number of carbonyl (C=O) groups excluding carboxylic acids is 1. The Balaban J connectivity index is 1.53. The van der Waals surface area contributed by atoms with E-state index in [9.17, 15) is 4.79 Å². The van der Waals surface area contributed by atoms with Crippen molar-refractivity contribution in [2.75, 3.05) is 10.6 Å². The van der Waals surface area contributed by atoms with E-state index in [2.05, 4.69) is 39.9 Å². The summed E-state index contributed by atoms with van der Waals surface area (Å²) < 4.78 is 1.13. The number of anilines is 2. The van der Waals surface area contributed by atoms with Crippen molar-refractivity contribution in [2.45, 2.75) is 12.8 Å². The number of hydrogen-bond acceptors (Lipinski definition) is 4. The summed E-state index contributed by atoms with van der Waals surface area (Å²) in [6.45, 7) is 0. The molecule has 1 aliphatic rings. The quantitative estimate of drug-likeness (QED) is 0.518. The molecule has 2 aromatic heterocycles. The monoisotopic (exact) mass is 351 g/mol. The second kappa shape index (κ2) is 5.29. The zero-order chi connectivity index (χ0) is 16.1. The minimum atomic E-state index is -0.256. The summed E-state index contributed by atoms with van der Waals surface area (Å²) in [7, 11) is 0. The lowest BCUT2D eigenvalue weighted by Crippen LogP contribution is -2.18. The third kappa shape index (κ3) is 2.18. The van der Waals surface area contributed by atoms with Gasteiger partial charge in [0.1, 0.15) is 0 Å². The molecule has 0 aliphatic heterocycles. The average molecular weight is 351 g/mol. The number of aryl methyl sites for hydroxylation is 2. The molecular weight excluding hydrogens is 338 g/mol. The third-order valence-electron chi connectivity index (χ3n) is 4.33. The molecule has 5 rings (SSSR count). The fourth-order valence-electron chi connectivity index (χ4n) is 3.35. The molecule has 24 heavy (non-hydrogen) atoms. The largest absolute Gasteiger partial charge is 0.326 e. The first-order valence-corrected chi connectivity index (χ1v) is 9.43. The van der Waals surface area contributed by atoms with Crippen molar-refractivity contribution in [3.05, 3.63) is 52.9 Å². The number of benzene rings is 2. The van der Waals surface area contributed by atoms with Gasteiger partial charge < -0.3 is 0 Å². The highest BCUT2D eigenvalue weighted by atomic mass is 32.1. The smallest absolute Gasteiger partial charge is 0.299 e. The molecule has 2 aromatic carbocycles. The predicted molar refractivity (Wildman–Crippen MR) is 101 cm³/mol. The zero-order valence-corrected chi connectivity index (χ0v) is 14.3. The van der Waals surface area contributed by atoms with Crippen LogP contribution >= 0.6 is 22.7 Å². The van der Waals surface area contributed by atoms with Crippen LogP contribution in [0.4, 0.5) is 14.9 Å². The van der Waals surface area contributed by atoms with Crippen molar-refractivity contribution < 1.29 is 4.79 Å². The molecule has 2 amide bonds. The van der Waals surface area contributed by atoms with Crippen LogP contribution in [-0.2, 0) is 12.8 Å². The van der Waals surface area contributed by atoms with E-state index in [0.717, 1.165) is 28.1 Å². The second-order valence-corrected chi connectivity index (χ2v) is 7.78. The molecule has 1 aliphatic carbocycles. The highest BCUT2D eigenvalue weighted by Crippen LogP contribution is 2.39. The topological polar surface area (TPSA) is 54.0 Å². The average Bonchev–Trinajstić information content (AvgIpc) is 3.29. The van der Waals surface area contributed by atoms with Crippen LogP contribution in [0, 0.1) is 0 Å². The Morgan fingerprint density at radius 3 is 2.88 bits per heavy atom. The molecule has 0 spiro atoms. The van der Waals surface area contributed by atoms with Gasteiger partial charge in [-0.2, -0.15) is 0 Å². The Morgan fingerprint density at radius 2 is 2.00 bits per heavy atom. The maximum atomic E-state index is 12.1. The van der Waals surface area contributed by atoms with Crippen LogP contribution in [-0.4, -0.2) is 11.0 Å². The van der Waals surface area contributed by atoms with Crippen molar-refractivity contribution in [1.82, 2.24) is 4.98 Å². The van der Waals surface area contributed by atoms with Crippen molar-refractivity contribution in [1.29, 1.82) is 0 Å². The lowest BCUT2D eigenvalue weighted by atomic mass is 10.0. The van der Waals surface area contributed by atoms with E-state index >= 15 is 0 Å². The van der Waals surface area contributed by atoms with Crippen LogP contribution < -0.4 is 10.6 Å². The standard InChI is InChI=1S/C18H13N3OS2/c22-17(19-14-5-2-8-23-14)21-18-20-16-12-4-1-3-10-6-7-11(15(10)12)9-13(16)24-18/h1-5,8-9H,6-7H2,(H2,19,20,21,22). The third-order valence-corrected chi connectivity index (χ3v) is 6.03. The molecule has 4 nitrogen and oxygen atoms in total. The zero-order valence-electron chi connectivity index (χ0n) is 12.6. The van der Waals surface area contributed by atoms with Gasteiger partial charge in [-0.05, 0) is 52.9 Å². The summed E-state index contributed by atoms with van der Waals surface area (Å²) in [5.41, 5.74) is 3.78. The number of urea groups is 1. The van der Waals surface area contributed by atoms with Crippen molar-refractivity contribution in [3.63, 3.8) is 0 Å². The number of rotatable bonds is 2. The number of carbonyl (C=O) groups is 1. The number of thiazole rings is 1. The summed E-state index contributed by atoms with van der Waals surface area (Å²) in [4.78, 5) is 16.8. The van der Waals surface area contributed by atoms with Gasteiger partial charge in [0.15, 0.2) is 5.13 Å². The molecule has 6 heteroatoms. The minimum Gasteiger partial charge on any atom is -0.299 e. The van der Waals surface area contributed by atoms with Gasteiger partial charge in [-0.1, -0.05) is 29.5 Å². The molecule has 4 aromatic rings. The Morgan fingerprint density at radius 1 is 1.08 bits per heavy atom. The first-order valence-electron chi connectivity index (χ1n) is 7.73. The van der Waals surface area contributed by atoms with E-state index in [1.807, 2.05) is 17.5 Å². The molecule has 0 fully saturated rings. The molecule has 0 saturated heterocycles. The van der Waals surface area contributed by atoms with E-state index in [1.165, 1.54) is 44.6 Å². The number of nitrogens with one attached hydrogen (secondary N) is 2. The fourth-order valence-corrected chi connectivity index (χ4v) is 4.90. The SMILES string of the molecule is O=C(Nc1cccs1)Nc1nc2c(cc3c4c(cccc42)CC3)s1. The fraction of sp³-hybridized carbons (Fsp3) is 0.111. The number of aromatic nitrogens is 1. The highest BCUT2D eigenvalue weighted by molar-refractivity contribution is 7.22. The van der Waals surface area contributed by atoms with Crippen molar-refractivity contribution >= 4 is 59.8 Å². The van der Waals surface area contributed by atoms with E-state index < -0.39 is 0 Å². The molecule has 0 unspecified atom stereocenters. The first-order chi connectivity index (χ1) is 11.8. The Hall–Kier alpha value is -2.44. The van der Waals surface area contributed by atoms with Gasteiger partial charge in [-0.15, -0.1) is 11.3 Å². The van der Waals surface area contributed by atoms with Gasteiger partial charge in [0.05, 0.1) is 15.2 Å². The number of thiophene rings is 1. The van der Waals surface area contributed by atoms with E-state index in [4.69, 9.17) is 0 Å². The van der Waals surface area contributed by atoms with Crippen LogP contribution in [0.25, 0.3) is 21.0 Å². The second-order valence-electron chi connectivity index (χ2n) is 5.80. The van der Waals surface area contributed by atoms with Crippen LogP contribution in [0.2, 0.25) is 0 Å². The van der Waals surface area contributed by atoms with Crippen LogP contribution in [0.3, 0.4) is 0 Å². The van der Waals surface area contributed by atoms with E-state index in [-0.39, 0.29) is 6.03 Å². The summed E-state index contributed by atoms with van der Waals surface area (Å²) in [5.74, 6) is 0. The van der Waals surface area contributed by atoms with Crippen LogP contribution in [0.15, 0.2) is 41.8 Å². The molecule has 0 bridgehead atoms. The Bertz CT molecular complexity index is 1080. The first kappa shape index (κ1) is 13.9. The summed E-state index contributed by atoms with van der Waals surface area (Å²) >= 11 is 3.02. The van der Waals surface area contributed by atoms with Gasteiger partial charge >= 0.3 is 6.03 Å². The molecule has 2 heterocycles. The van der Waals surface area contributed by atoms with Gasteiger partial charge in [0.2, 0.25) is 0 Å². The summed E-state index contributed by atoms with van der Waals surface area (Å²) in [6.07, 6.45) is 2.20. The predicted octanol–water partition coefficient (Wildman–Crippen LogP) is 5.25. The van der Waals surface area contributed by atoms with Gasteiger partial charge in [-0.25, -0.2) is 9.78 Å². The Kier molecular flexibility index (Phi) is 3.08. The number of nitrogens with zero attached hydrogens (tertiary/aromatic N) is 1. The van der Waals surface area contributed by atoms with Gasteiger partial charge in [-0.3, -0.25) is 10.6 Å². The molecule has 0 radical (unpaired) electrons. The Labute approximate surface area is 146 Å². The van der Waals surface area contributed by atoms with E-state index in [0.29, 0.717) is 5.13 Å². The lowest BCUT2D eigenvalue weighted by molar-refractivity contribution is 0.262. The summed E-state index contributed by atoms with van der Waals surface area (Å²) in [5, 5.41) is 11.6. The van der Waals surface area contributed by atoms with Gasteiger partial charge in [0, 0.05) is 5.39 Å². The molecular formula is C18H13N3OS2. The lowest BCUT2D eigenvalue weighted by Gasteiger charge is -2.02.